The van der Waals surface area contributed by atoms with Gasteiger partial charge >= 0.3 is 29.6 Å². The summed E-state index contributed by atoms with van der Waals surface area (Å²) in [5.74, 6) is -1.20. The van der Waals surface area contributed by atoms with Crippen LogP contribution >= 0.6 is 0 Å². The molecule has 0 fully saturated rings. The maximum Gasteiger partial charge on any atom is 1.00 e. The van der Waals surface area contributed by atoms with Gasteiger partial charge in [0.05, 0.1) is 17.7 Å². The molecule has 25 heavy (non-hydrogen) atoms. The Labute approximate surface area is 170 Å². The third-order valence-corrected chi connectivity index (χ3v) is 4.23. The second-order valence-corrected chi connectivity index (χ2v) is 5.67. The summed E-state index contributed by atoms with van der Waals surface area (Å²) >= 11 is 0. The molecule has 6 nitrogen and oxygen atoms in total. The number of carbonyl (C=O) groups is 2. The van der Waals surface area contributed by atoms with E-state index in [9.17, 15) is 14.7 Å². The molecular formula is C18H22N3NaO3. The van der Waals surface area contributed by atoms with Gasteiger partial charge in [0.15, 0.2) is 0 Å². The smallest absolute Gasteiger partial charge is 0.846 e. The number of benzene rings is 1. The Morgan fingerprint density at radius 1 is 1.28 bits per heavy atom. The molecule has 1 heterocycles. The van der Waals surface area contributed by atoms with Crippen molar-refractivity contribution in [2.45, 2.75) is 40.0 Å². The predicted octanol–water partition coefficient (Wildman–Crippen LogP) is -1.25. The Balaban J connectivity index is 0.000000540. The first-order chi connectivity index (χ1) is 11.4. The molecule has 0 spiro atoms. The molecule has 2 amide bonds. The van der Waals surface area contributed by atoms with Crippen LogP contribution in [0, 0.1) is 22.7 Å². The molecule has 0 aromatic heterocycles. The molecule has 2 rings (SSSR count). The predicted molar refractivity (Wildman–Crippen MR) is 88.5 cm³/mol. The first kappa shape index (κ1) is 23.3. The fraction of sp³-hybridized carbons (Fsp3) is 0.444. The molecule has 1 N–H and O–H groups in total. The van der Waals surface area contributed by atoms with Crippen LogP contribution in [0.4, 0.5) is 0 Å². The molecule has 2 atom stereocenters. The van der Waals surface area contributed by atoms with Crippen LogP contribution in [0.15, 0.2) is 35.3 Å². The minimum absolute atomic E-state index is 0. The molecular weight excluding hydrogens is 329 g/mol. The van der Waals surface area contributed by atoms with Gasteiger partial charge in [0.2, 0.25) is 5.91 Å². The van der Waals surface area contributed by atoms with E-state index in [1.807, 2.05) is 38.1 Å². The standard InChI is InChI=1S/C11H18N2O3.C7H5N.Na/c1-4-6-7(3)11(5-2)8(14)12-10(16)13-9(11)15;8-6-7-4-2-1-3-5-7;/h7H,4-6H2,1-3H3,(H2,12,13,14,15,16);1-5H;/q;;+1/p-1. The monoisotopic (exact) mass is 351 g/mol. The summed E-state index contributed by atoms with van der Waals surface area (Å²) in [5, 5.41) is 21.4. The van der Waals surface area contributed by atoms with Crippen LogP contribution in [-0.4, -0.2) is 17.8 Å². The van der Waals surface area contributed by atoms with Gasteiger partial charge in [-0.25, -0.2) is 4.99 Å². The number of aliphatic imine (C=N–C) groups is 1. The summed E-state index contributed by atoms with van der Waals surface area (Å²) in [5.41, 5.74) is -0.434. The van der Waals surface area contributed by atoms with Gasteiger partial charge in [-0.05, 0) is 30.9 Å². The van der Waals surface area contributed by atoms with E-state index in [4.69, 9.17) is 5.26 Å². The minimum Gasteiger partial charge on any atom is -0.846 e. The summed E-state index contributed by atoms with van der Waals surface area (Å²) in [4.78, 5) is 27.1. The third-order valence-electron chi connectivity index (χ3n) is 4.23. The van der Waals surface area contributed by atoms with Crippen LogP contribution in [-0.2, 0) is 9.59 Å². The number of nitrogens with zero attached hydrogens (tertiary/aromatic N) is 2. The number of carbonyl (C=O) groups excluding carboxylic acids is 2. The zero-order chi connectivity index (χ0) is 18.2. The summed E-state index contributed by atoms with van der Waals surface area (Å²) < 4.78 is 0. The van der Waals surface area contributed by atoms with Crippen molar-refractivity contribution in [3.63, 3.8) is 0 Å². The largest absolute Gasteiger partial charge is 1.00 e. The van der Waals surface area contributed by atoms with Gasteiger partial charge in [0, 0.05) is 0 Å². The number of nitriles is 1. The van der Waals surface area contributed by atoms with Crippen molar-refractivity contribution in [1.82, 2.24) is 5.32 Å². The fourth-order valence-corrected chi connectivity index (χ4v) is 2.81. The molecule has 1 aliphatic rings. The third kappa shape index (κ3) is 5.67. The van der Waals surface area contributed by atoms with Gasteiger partial charge in [-0.3, -0.25) is 9.59 Å². The molecule has 0 bridgehead atoms. The van der Waals surface area contributed by atoms with E-state index in [1.165, 1.54) is 0 Å². The average molecular weight is 351 g/mol. The Kier molecular flexibility index (Phi) is 10.3. The van der Waals surface area contributed by atoms with Gasteiger partial charge in [0.1, 0.15) is 5.41 Å². The minimum atomic E-state index is -1.15. The first-order valence-corrected chi connectivity index (χ1v) is 7.99. The van der Waals surface area contributed by atoms with Crippen LogP contribution in [0.25, 0.3) is 0 Å². The van der Waals surface area contributed by atoms with Gasteiger partial charge < -0.3 is 10.4 Å². The van der Waals surface area contributed by atoms with Crippen molar-refractivity contribution in [3.8, 4) is 6.07 Å². The molecule has 0 radical (unpaired) electrons. The van der Waals surface area contributed by atoms with Crippen LogP contribution < -0.4 is 40.0 Å². The maximum atomic E-state index is 11.9. The number of amidine groups is 1. The Hall–Kier alpha value is -1.68. The van der Waals surface area contributed by atoms with Crippen molar-refractivity contribution in [2.75, 3.05) is 0 Å². The Morgan fingerprint density at radius 3 is 2.28 bits per heavy atom. The van der Waals surface area contributed by atoms with Crippen LogP contribution in [0.5, 0.6) is 0 Å². The topological polar surface area (TPSA) is 105 Å². The molecule has 1 aromatic rings. The van der Waals surface area contributed by atoms with Crippen LogP contribution in [0.1, 0.15) is 45.6 Å². The molecule has 7 heteroatoms. The first-order valence-electron chi connectivity index (χ1n) is 7.99. The van der Waals surface area contributed by atoms with E-state index in [1.54, 1.807) is 19.1 Å². The van der Waals surface area contributed by atoms with E-state index in [-0.39, 0.29) is 35.5 Å². The molecule has 1 aliphatic heterocycles. The van der Waals surface area contributed by atoms with E-state index in [0.29, 0.717) is 12.0 Å². The van der Waals surface area contributed by atoms with Crippen molar-refractivity contribution in [1.29, 1.82) is 5.26 Å². The second-order valence-electron chi connectivity index (χ2n) is 5.67. The molecule has 0 saturated heterocycles. The van der Waals surface area contributed by atoms with Crippen molar-refractivity contribution in [3.05, 3.63) is 35.9 Å². The Morgan fingerprint density at radius 2 is 1.88 bits per heavy atom. The van der Waals surface area contributed by atoms with E-state index in [2.05, 4.69) is 10.3 Å². The summed E-state index contributed by atoms with van der Waals surface area (Å²) in [6.45, 7) is 5.62. The number of hydrogen-bond acceptors (Lipinski definition) is 4. The van der Waals surface area contributed by atoms with Crippen LogP contribution in [0.2, 0.25) is 0 Å². The van der Waals surface area contributed by atoms with Crippen molar-refractivity contribution >= 4 is 17.8 Å². The number of hydrogen-bond donors (Lipinski definition) is 1. The zero-order valence-electron chi connectivity index (χ0n) is 15.2. The van der Waals surface area contributed by atoms with E-state index >= 15 is 0 Å². The average Bonchev–Trinajstić information content (AvgIpc) is 2.56. The van der Waals surface area contributed by atoms with Gasteiger partial charge in [-0.1, -0.05) is 45.4 Å². The normalized spacial score (nSPS) is 20.0. The van der Waals surface area contributed by atoms with Gasteiger partial charge in [0.25, 0.3) is 5.91 Å². The molecule has 2 unspecified atom stereocenters. The van der Waals surface area contributed by atoms with Crippen molar-refractivity contribution < 1.29 is 44.3 Å². The van der Waals surface area contributed by atoms with Gasteiger partial charge in [-0.2, -0.15) is 5.26 Å². The summed E-state index contributed by atoms with van der Waals surface area (Å²) in [6, 6.07) is 10.3. The maximum absolute atomic E-state index is 11.9. The fourth-order valence-electron chi connectivity index (χ4n) is 2.81. The number of amides is 2. The quantitative estimate of drug-likeness (QED) is 0.541. The molecule has 1 aromatic carbocycles. The Bertz CT molecular complexity index is 655. The molecule has 128 valence electrons. The zero-order valence-corrected chi connectivity index (χ0v) is 17.2. The number of nitrogens with one attached hydrogen (secondary N) is 1. The van der Waals surface area contributed by atoms with E-state index < -0.39 is 23.3 Å². The van der Waals surface area contributed by atoms with E-state index in [0.717, 1.165) is 12.8 Å². The second kappa shape index (κ2) is 11.0. The van der Waals surface area contributed by atoms with Crippen molar-refractivity contribution in [2.24, 2.45) is 16.3 Å². The molecule has 0 aliphatic carbocycles. The summed E-state index contributed by atoms with van der Waals surface area (Å²) in [7, 11) is 0. The molecule has 0 saturated carbocycles. The number of rotatable bonds is 4. The van der Waals surface area contributed by atoms with Gasteiger partial charge in [-0.15, -0.1) is 0 Å². The summed E-state index contributed by atoms with van der Waals surface area (Å²) in [6.07, 6.45) is 2.02. The SMILES string of the molecule is CCCC(C)C1(CC)C(=O)N=C([O-])NC1=O.N#Cc1ccccc1.[Na+]. The van der Waals surface area contributed by atoms with Crippen LogP contribution in [0.3, 0.4) is 0 Å².